The summed E-state index contributed by atoms with van der Waals surface area (Å²) in [5.41, 5.74) is 0. The predicted molar refractivity (Wildman–Crippen MR) is 236 cm³/mol. The maximum atomic E-state index is 12.7. The summed E-state index contributed by atoms with van der Waals surface area (Å²) in [6, 6.07) is 0. The van der Waals surface area contributed by atoms with E-state index in [0.29, 0.717) is 6.42 Å². The van der Waals surface area contributed by atoms with E-state index in [4.69, 9.17) is 23.8 Å². The fraction of sp³-hybridized carbons (Fsp3) is 0.636. The Balaban J connectivity index is 4.78. The molecule has 14 nitrogen and oxygen atoms in total. The van der Waals surface area contributed by atoms with Gasteiger partial charge >= 0.3 is 27.6 Å². The molecule has 0 fully saturated rings. The molecule has 0 radical (unpaired) electrons. The quantitative estimate of drug-likeness (QED) is 0.0128. The zero-order valence-corrected chi connectivity index (χ0v) is 37.7. The van der Waals surface area contributed by atoms with E-state index in [1.807, 2.05) is 12.2 Å². The van der Waals surface area contributed by atoms with Crippen LogP contribution in [0.3, 0.4) is 0 Å². The molecule has 0 amide bonds. The standard InChI is InChI=1S/C44H74O14P2/c1-3-5-7-9-11-13-15-17-18-20-22-24-26-28-30-34-43(47)54-38-42(39-57-60(52,53)56-37-41(46)36-55-59(49,50)51)58-44(48)35-31-33-40(45)32-29-27-25-23-21-19-16-14-12-10-8-6-4-2/h6,8,12-15,17-19,21,25,27,29,32,40-42,45-46H,3-5,7,9-11,16,20,22-24,26,28,30-31,33-39H2,1-2H3,(H,52,53)(H2,49,50,51)/b8-6-,14-12-,15-13-,18-17-,21-19-,27-25-,32-29+/t40?,41-,42+/m0/s1. The summed E-state index contributed by atoms with van der Waals surface area (Å²) in [5.74, 6) is -1.26. The average Bonchev–Trinajstić information content (AvgIpc) is 3.20. The molecule has 4 atom stereocenters. The summed E-state index contributed by atoms with van der Waals surface area (Å²) in [6.07, 6.45) is 40.3. The van der Waals surface area contributed by atoms with E-state index in [0.717, 1.165) is 64.2 Å². The molecule has 0 bridgehead atoms. The number of carbonyl (C=O) groups is 2. The molecule has 60 heavy (non-hydrogen) atoms. The van der Waals surface area contributed by atoms with E-state index in [2.05, 4.69) is 83.7 Å². The van der Waals surface area contributed by atoms with E-state index >= 15 is 0 Å². The summed E-state index contributed by atoms with van der Waals surface area (Å²) in [7, 11) is -9.76. The van der Waals surface area contributed by atoms with Crippen LogP contribution in [0.5, 0.6) is 0 Å². The number of hydrogen-bond acceptors (Lipinski definition) is 11. The van der Waals surface area contributed by atoms with Crippen molar-refractivity contribution in [1.29, 1.82) is 0 Å². The second-order valence-corrected chi connectivity index (χ2v) is 16.8. The number of hydrogen-bond donors (Lipinski definition) is 5. The van der Waals surface area contributed by atoms with Crippen LogP contribution in [0.4, 0.5) is 0 Å². The van der Waals surface area contributed by atoms with Gasteiger partial charge in [-0.2, -0.15) is 0 Å². The molecule has 0 aromatic rings. The minimum Gasteiger partial charge on any atom is -0.462 e. The van der Waals surface area contributed by atoms with Crippen LogP contribution in [0.2, 0.25) is 0 Å². The van der Waals surface area contributed by atoms with Gasteiger partial charge in [-0.3, -0.25) is 23.2 Å². The molecule has 2 unspecified atom stereocenters. The Labute approximate surface area is 359 Å². The molecule has 0 aliphatic carbocycles. The topological polar surface area (TPSA) is 216 Å². The third kappa shape index (κ3) is 42.0. The van der Waals surface area contributed by atoms with E-state index in [1.165, 1.54) is 25.7 Å². The Morgan fingerprint density at radius 3 is 1.73 bits per heavy atom. The first-order valence-electron chi connectivity index (χ1n) is 21.4. The number of aliphatic hydroxyl groups is 2. The fourth-order valence-electron chi connectivity index (χ4n) is 5.13. The van der Waals surface area contributed by atoms with Crippen molar-refractivity contribution in [3.8, 4) is 0 Å². The number of aliphatic hydroxyl groups excluding tert-OH is 2. The Hall–Kier alpha value is -2.74. The second-order valence-electron chi connectivity index (χ2n) is 14.1. The predicted octanol–water partition coefficient (Wildman–Crippen LogP) is 9.75. The van der Waals surface area contributed by atoms with Gasteiger partial charge in [0, 0.05) is 12.8 Å². The smallest absolute Gasteiger partial charge is 0.462 e. The van der Waals surface area contributed by atoms with Gasteiger partial charge in [0.1, 0.15) is 12.7 Å². The lowest BCUT2D eigenvalue weighted by Crippen LogP contribution is -2.30. The minimum absolute atomic E-state index is 0.107. The maximum Gasteiger partial charge on any atom is 0.472 e. The monoisotopic (exact) mass is 888 g/mol. The average molecular weight is 889 g/mol. The van der Waals surface area contributed by atoms with Gasteiger partial charge in [-0.25, -0.2) is 9.13 Å². The number of esters is 2. The molecule has 344 valence electrons. The Morgan fingerprint density at radius 2 is 1.10 bits per heavy atom. The zero-order chi connectivity index (χ0) is 44.6. The van der Waals surface area contributed by atoms with Gasteiger partial charge in [0.05, 0.1) is 25.9 Å². The molecule has 0 spiro atoms. The summed E-state index contributed by atoms with van der Waals surface area (Å²) >= 11 is 0. The van der Waals surface area contributed by atoms with Crippen LogP contribution in [-0.4, -0.2) is 81.6 Å². The van der Waals surface area contributed by atoms with Gasteiger partial charge in [-0.05, 0) is 70.6 Å². The van der Waals surface area contributed by atoms with Crippen molar-refractivity contribution < 1.29 is 66.7 Å². The van der Waals surface area contributed by atoms with Gasteiger partial charge in [0.2, 0.25) is 0 Å². The third-order valence-electron chi connectivity index (χ3n) is 8.39. The fourth-order valence-corrected chi connectivity index (χ4v) is 6.29. The lowest BCUT2D eigenvalue weighted by molar-refractivity contribution is -0.161. The largest absolute Gasteiger partial charge is 0.472 e. The highest BCUT2D eigenvalue weighted by Crippen LogP contribution is 2.43. The summed E-state index contributed by atoms with van der Waals surface area (Å²) in [6.45, 7) is 1.36. The van der Waals surface area contributed by atoms with Gasteiger partial charge in [0.15, 0.2) is 6.10 Å². The summed E-state index contributed by atoms with van der Waals surface area (Å²) in [4.78, 5) is 52.7. The molecule has 0 rings (SSSR count). The second kappa shape index (κ2) is 39.1. The Morgan fingerprint density at radius 1 is 0.567 bits per heavy atom. The van der Waals surface area contributed by atoms with Crippen molar-refractivity contribution >= 4 is 27.6 Å². The van der Waals surface area contributed by atoms with E-state index in [1.54, 1.807) is 12.2 Å². The molecule has 0 saturated carbocycles. The summed E-state index contributed by atoms with van der Waals surface area (Å²) in [5, 5.41) is 20.0. The van der Waals surface area contributed by atoms with Crippen molar-refractivity contribution in [1.82, 2.24) is 0 Å². The molecule has 0 aromatic carbocycles. The van der Waals surface area contributed by atoms with Crippen LogP contribution in [0.1, 0.15) is 136 Å². The molecule has 0 saturated heterocycles. The van der Waals surface area contributed by atoms with Crippen molar-refractivity contribution in [3.63, 3.8) is 0 Å². The van der Waals surface area contributed by atoms with E-state index in [-0.39, 0.29) is 25.7 Å². The Bertz CT molecular complexity index is 1400. The molecule has 0 aliphatic heterocycles. The molecular weight excluding hydrogens is 814 g/mol. The lowest BCUT2D eigenvalue weighted by atomic mass is 10.1. The van der Waals surface area contributed by atoms with Crippen LogP contribution >= 0.6 is 15.6 Å². The number of carbonyl (C=O) groups excluding carboxylic acids is 2. The van der Waals surface area contributed by atoms with E-state index < -0.39 is 72.3 Å². The number of phosphoric ester groups is 2. The van der Waals surface area contributed by atoms with Gasteiger partial charge in [-0.1, -0.05) is 137 Å². The number of phosphoric acid groups is 2. The zero-order valence-electron chi connectivity index (χ0n) is 35.9. The Kier molecular flexibility index (Phi) is 37.3. The van der Waals surface area contributed by atoms with Crippen molar-refractivity contribution in [3.05, 3.63) is 85.1 Å². The van der Waals surface area contributed by atoms with Crippen LogP contribution in [0.15, 0.2) is 85.1 Å². The first-order chi connectivity index (χ1) is 28.8. The molecule has 5 N–H and O–H groups in total. The lowest BCUT2D eigenvalue weighted by Gasteiger charge is -2.20. The van der Waals surface area contributed by atoms with Crippen LogP contribution in [-0.2, 0) is 41.8 Å². The van der Waals surface area contributed by atoms with Gasteiger partial charge in [-0.15, -0.1) is 0 Å². The van der Waals surface area contributed by atoms with Crippen molar-refractivity contribution in [2.75, 3.05) is 26.4 Å². The number of ether oxygens (including phenoxy) is 2. The molecule has 16 heteroatoms. The number of unbranched alkanes of at least 4 members (excludes halogenated alkanes) is 9. The maximum absolute atomic E-state index is 12.7. The van der Waals surface area contributed by atoms with E-state index in [9.17, 15) is 33.8 Å². The van der Waals surface area contributed by atoms with Crippen LogP contribution in [0, 0.1) is 0 Å². The third-order valence-corrected chi connectivity index (χ3v) is 9.83. The molecular formula is C44H74O14P2. The van der Waals surface area contributed by atoms with Crippen molar-refractivity contribution in [2.45, 2.75) is 154 Å². The van der Waals surface area contributed by atoms with Crippen LogP contribution in [0.25, 0.3) is 0 Å². The molecule has 0 aliphatic rings. The summed E-state index contributed by atoms with van der Waals surface area (Å²) < 4.78 is 47.6. The highest BCUT2D eigenvalue weighted by atomic mass is 31.2. The highest BCUT2D eigenvalue weighted by Gasteiger charge is 2.28. The van der Waals surface area contributed by atoms with Crippen LogP contribution < -0.4 is 0 Å². The molecule has 0 aromatic heterocycles. The van der Waals surface area contributed by atoms with Gasteiger partial charge in [0.25, 0.3) is 0 Å². The first kappa shape index (κ1) is 57.3. The highest BCUT2D eigenvalue weighted by molar-refractivity contribution is 7.47. The van der Waals surface area contributed by atoms with Gasteiger partial charge < -0.3 is 34.4 Å². The SMILES string of the molecule is CC/C=C\C/C=C\C/C=C\C/C=C\C=C\C(O)CCCC(=O)O[C@H](COC(=O)CCCCCCC/C=C\C=C/CCCCCC)COP(=O)(O)OC[C@@H](O)COP(=O)(O)O. The minimum atomic E-state index is -4.89. The normalized spacial score (nSPS) is 15.4. The first-order valence-corrected chi connectivity index (χ1v) is 24.4. The van der Waals surface area contributed by atoms with Crippen molar-refractivity contribution in [2.24, 2.45) is 0 Å². The molecule has 0 heterocycles. The number of rotatable bonds is 39. The number of allylic oxidation sites excluding steroid dienone is 13.